The second kappa shape index (κ2) is 11.2. The van der Waals surface area contributed by atoms with Gasteiger partial charge >= 0.3 is 0 Å². The van der Waals surface area contributed by atoms with E-state index in [0.29, 0.717) is 10.0 Å². The lowest BCUT2D eigenvalue weighted by Crippen LogP contribution is -1.90. The Morgan fingerprint density at radius 2 is 0.792 bits per heavy atom. The van der Waals surface area contributed by atoms with E-state index in [-0.39, 0.29) is 0 Å². The molecule has 0 aliphatic carbocycles. The average Bonchev–Trinajstić information content (AvgIpc) is 3.67. The van der Waals surface area contributed by atoms with Gasteiger partial charge < -0.3 is 9.97 Å². The molecule has 9 rings (SSSR count). The highest BCUT2D eigenvalue weighted by atomic mass is 35.5. The lowest BCUT2D eigenvalue weighted by Gasteiger charge is -2.15. The Morgan fingerprint density at radius 3 is 1.19 bits per heavy atom. The third-order valence-corrected chi connectivity index (χ3v) is 10.5. The highest BCUT2D eigenvalue weighted by Crippen LogP contribution is 2.51. The third-order valence-electron chi connectivity index (χ3n) is 9.80. The molecule has 230 valence electrons. The third kappa shape index (κ3) is 4.41. The van der Waals surface area contributed by atoms with Crippen LogP contribution < -0.4 is 0 Å². The van der Waals surface area contributed by atoms with Crippen molar-refractivity contribution in [3.8, 4) is 44.5 Å². The number of aromatic nitrogens is 2. The molecule has 0 bridgehead atoms. The van der Waals surface area contributed by atoms with Crippen molar-refractivity contribution in [3.05, 3.63) is 155 Å². The lowest BCUT2D eigenvalue weighted by molar-refractivity contribution is 1.46. The van der Waals surface area contributed by atoms with Crippen LogP contribution >= 0.6 is 23.2 Å². The van der Waals surface area contributed by atoms with Crippen LogP contribution in [0.15, 0.2) is 133 Å². The van der Waals surface area contributed by atoms with E-state index in [4.69, 9.17) is 23.2 Å². The Bertz CT molecular complexity index is 2540. The molecule has 0 fully saturated rings. The van der Waals surface area contributed by atoms with Gasteiger partial charge in [-0.25, -0.2) is 0 Å². The smallest absolute Gasteiger partial charge is 0.0559 e. The summed E-state index contributed by atoms with van der Waals surface area (Å²) >= 11 is 14.2. The molecule has 0 spiro atoms. The summed E-state index contributed by atoms with van der Waals surface area (Å²) < 4.78 is 0. The molecule has 2 heterocycles. The van der Waals surface area contributed by atoms with Crippen molar-refractivity contribution in [1.29, 1.82) is 0 Å². The van der Waals surface area contributed by atoms with E-state index in [1.165, 1.54) is 33.4 Å². The minimum atomic E-state index is 0.703. The molecule has 0 saturated heterocycles. The number of rotatable bonds is 4. The van der Waals surface area contributed by atoms with Crippen LogP contribution in [0.2, 0.25) is 10.0 Å². The number of nitrogens with one attached hydrogen (secondary N) is 2. The summed E-state index contributed by atoms with van der Waals surface area (Å²) in [5, 5.41) is 5.90. The molecule has 2 aromatic heterocycles. The minimum Gasteiger partial charge on any atom is -0.354 e. The largest absolute Gasteiger partial charge is 0.354 e. The molecule has 48 heavy (non-hydrogen) atoms. The van der Waals surface area contributed by atoms with Crippen LogP contribution in [-0.2, 0) is 0 Å². The SMILES string of the molecule is Cc1ccccc1-c1ccc2[nH]c3c(-c4ccccc4Cl)c4c([nH]c5ccc(-c6ccccc6C)cc54)c(-c4ccccc4Cl)c3c2c1. The Morgan fingerprint density at radius 1 is 0.417 bits per heavy atom. The lowest BCUT2D eigenvalue weighted by atomic mass is 9.89. The first-order valence-corrected chi connectivity index (χ1v) is 16.9. The van der Waals surface area contributed by atoms with Crippen LogP contribution in [0.5, 0.6) is 0 Å². The normalized spacial score (nSPS) is 11.8. The van der Waals surface area contributed by atoms with E-state index in [0.717, 1.165) is 65.9 Å². The van der Waals surface area contributed by atoms with Gasteiger partial charge in [0.05, 0.1) is 11.0 Å². The van der Waals surface area contributed by atoms with E-state index in [9.17, 15) is 0 Å². The zero-order chi connectivity index (χ0) is 32.5. The Labute approximate surface area is 288 Å². The number of aromatic amines is 2. The van der Waals surface area contributed by atoms with Gasteiger partial charge in [-0.3, -0.25) is 0 Å². The fourth-order valence-corrected chi connectivity index (χ4v) is 7.98. The molecule has 0 amide bonds. The van der Waals surface area contributed by atoms with Crippen LogP contribution in [0.3, 0.4) is 0 Å². The van der Waals surface area contributed by atoms with Gasteiger partial charge in [-0.2, -0.15) is 0 Å². The molecule has 0 unspecified atom stereocenters. The van der Waals surface area contributed by atoms with Gasteiger partial charge in [0.25, 0.3) is 0 Å². The van der Waals surface area contributed by atoms with Crippen molar-refractivity contribution < 1.29 is 0 Å². The number of benzene rings is 7. The molecular formula is C44H30Cl2N2. The number of fused-ring (bicyclic) bond motifs is 6. The summed E-state index contributed by atoms with van der Waals surface area (Å²) in [7, 11) is 0. The number of halogens is 2. The zero-order valence-electron chi connectivity index (χ0n) is 26.5. The molecule has 2 N–H and O–H groups in total. The van der Waals surface area contributed by atoms with Gasteiger partial charge in [0, 0.05) is 64.9 Å². The summed E-state index contributed by atoms with van der Waals surface area (Å²) in [6.07, 6.45) is 0. The summed E-state index contributed by atoms with van der Waals surface area (Å²) in [5.41, 5.74) is 15.5. The van der Waals surface area contributed by atoms with Gasteiger partial charge in [-0.1, -0.05) is 120 Å². The summed E-state index contributed by atoms with van der Waals surface area (Å²) in [6.45, 7) is 4.33. The van der Waals surface area contributed by atoms with E-state index >= 15 is 0 Å². The summed E-state index contributed by atoms with van der Waals surface area (Å²) in [4.78, 5) is 7.76. The number of aryl methyl sites for hydroxylation is 2. The van der Waals surface area contributed by atoms with E-state index < -0.39 is 0 Å². The van der Waals surface area contributed by atoms with Gasteiger partial charge in [0.15, 0.2) is 0 Å². The maximum atomic E-state index is 7.08. The van der Waals surface area contributed by atoms with E-state index in [1.54, 1.807) is 0 Å². The maximum Gasteiger partial charge on any atom is 0.0559 e. The number of hydrogen-bond acceptors (Lipinski definition) is 0. The van der Waals surface area contributed by atoms with Crippen LogP contribution in [0.25, 0.3) is 88.1 Å². The van der Waals surface area contributed by atoms with E-state index in [1.807, 2.05) is 24.3 Å². The van der Waals surface area contributed by atoms with Crippen molar-refractivity contribution in [2.75, 3.05) is 0 Å². The van der Waals surface area contributed by atoms with Crippen LogP contribution in [-0.4, -0.2) is 9.97 Å². The molecule has 0 aliphatic heterocycles. The zero-order valence-corrected chi connectivity index (χ0v) is 28.0. The molecule has 0 aliphatic rings. The fourth-order valence-electron chi connectivity index (χ4n) is 7.52. The van der Waals surface area contributed by atoms with Gasteiger partial charge in [-0.15, -0.1) is 0 Å². The maximum absolute atomic E-state index is 7.08. The fraction of sp³-hybridized carbons (Fsp3) is 0.0455. The van der Waals surface area contributed by atoms with Gasteiger partial charge in [-0.05, 0) is 83.6 Å². The quantitative estimate of drug-likeness (QED) is 0.189. The molecular weight excluding hydrogens is 627 g/mol. The van der Waals surface area contributed by atoms with Crippen LogP contribution in [0.1, 0.15) is 11.1 Å². The molecule has 7 aromatic carbocycles. The van der Waals surface area contributed by atoms with Crippen molar-refractivity contribution >= 4 is 66.8 Å². The molecule has 9 aromatic rings. The van der Waals surface area contributed by atoms with Crippen molar-refractivity contribution in [3.63, 3.8) is 0 Å². The highest BCUT2D eigenvalue weighted by molar-refractivity contribution is 6.39. The summed E-state index contributed by atoms with van der Waals surface area (Å²) in [5.74, 6) is 0. The van der Waals surface area contributed by atoms with Crippen molar-refractivity contribution in [2.24, 2.45) is 0 Å². The Kier molecular flexibility index (Phi) is 6.72. The standard InChI is InChI=1S/C44H30Cl2N2/c1-25-11-3-5-13-29(25)27-19-21-37-33(23-27)41-39(31-15-7-9-17-35(31)45)44-42(40(43(41)47-37)32-16-8-10-18-36(32)46)34-24-28(20-22-38(34)48-44)30-14-6-4-12-26(30)2/h3-24,47-48H,1-2H3. The average molecular weight is 658 g/mol. The van der Waals surface area contributed by atoms with Crippen LogP contribution in [0, 0.1) is 13.8 Å². The second-order valence-corrected chi connectivity index (χ2v) is 13.4. The molecule has 2 nitrogen and oxygen atoms in total. The number of H-pyrrole nitrogens is 2. The summed E-state index contributed by atoms with van der Waals surface area (Å²) in [6, 6.07) is 46.9. The predicted octanol–water partition coefficient (Wildman–Crippen LogP) is 13.5. The molecule has 0 radical (unpaired) electrons. The molecule has 0 atom stereocenters. The predicted molar refractivity (Wildman–Crippen MR) is 206 cm³/mol. The first-order valence-electron chi connectivity index (χ1n) is 16.2. The van der Waals surface area contributed by atoms with E-state index in [2.05, 4.69) is 133 Å². The van der Waals surface area contributed by atoms with Crippen molar-refractivity contribution in [2.45, 2.75) is 13.8 Å². The van der Waals surface area contributed by atoms with Crippen molar-refractivity contribution in [1.82, 2.24) is 9.97 Å². The van der Waals surface area contributed by atoms with Gasteiger partial charge in [0.1, 0.15) is 0 Å². The van der Waals surface area contributed by atoms with Crippen LogP contribution in [0.4, 0.5) is 0 Å². The molecule has 0 saturated carbocycles. The Balaban J connectivity index is 1.51. The first kappa shape index (κ1) is 28.9. The second-order valence-electron chi connectivity index (χ2n) is 12.6. The number of hydrogen-bond donors (Lipinski definition) is 2. The Hall–Kier alpha value is -5.28. The van der Waals surface area contributed by atoms with Gasteiger partial charge in [0.2, 0.25) is 0 Å². The topological polar surface area (TPSA) is 31.6 Å². The molecule has 4 heteroatoms. The highest BCUT2D eigenvalue weighted by Gasteiger charge is 2.26. The first-order chi connectivity index (χ1) is 23.5. The monoisotopic (exact) mass is 656 g/mol. The minimum absolute atomic E-state index is 0.703.